The molecule has 1 amide bonds. The van der Waals surface area contributed by atoms with Gasteiger partial charge >= 0.3 is 12.3 Å². The van der Waals surface area contributed by atoms with E-state index in [0.29, 0.717) is 5.56 Å². The summed E-state index contributed by atoms with van der Waals surface area (Å²) in [6.45, 7) is -1.01. The predicted molar refractivity (Wildman–Crippen MR) is 170 cm³/mol. The normalized spacial score (nSPS) is 14.6. The topological polar surface area (TPSA) is 210 Å². The summed E-state index contributed by atoms with van der Waals surface area (Å²) in [6, 6.07) is 12.2. The Bertz CT molecular complexity index is 2060. The molecule has 0 atom stereocenters. The number of hydrogen-bond donors (Lipinski definition) is 5. The van der Waals surface area contributed by atoms with Crippen LogP contribution in [0.5, 0.6) is 0 Å². The number of primary sulfonamides is 1. The highest BCUT2D eigenvalue weighted by Gasteiger charge is 2.29. The number of amides is 1. The summed E-state index contributed by atoms with van der Waals surface area (Å²) in [5.74, 6) is -0.292. The minimum absolute atomic E-state index is 0.0255. The number of fused-ring (bicyclic) bond motifs is 1. The molecule has 0 bridgehead atoms. The van der Waals surface area contributed by atoms with Crippen molar-refractivity contribution in [1.29, 1.82) is 0 Å². The number of halogens is 4. The fourth-order valence-corrected chi connectivity index (χ4v) is 7.23. The molecule has 0 unspecified atom stereocenters. The quantitative estimate of drug-likeness (QED) is 0.158. The molecule has 3 heterocycles. The number of carboxylic acid groups (broad SMARTS) is 1. The number of benzene rings is 2. The first-order valence-electron chi connectivity index (χ1n) is 14.1. The first-order valence-corrected chi connectivity index (χ1v) is 17.5. The van der Waals surface area contributed by atoms with Crippen molar-refractivity contribution in [3.63, 3.8) is 0 Å². The summed E-state index contributed by atoms with van der Waals surface area (Å²) in [7, 11) is -8.05. The molecule has 2 aromatic carbocycles. The Morgan fingerprint density at radius 3 is 2.29 bits per heavy atom. The molecule has 48 heavy (non-hydrogen) atoms. The lowest BCUT2D eigenvalue weighted by atomic mass is 10.1. The Morgan fingerprint density at radius 2 is 1.67 bits per heavy atom. The van der Waals surface area contributed by atoms with Crippen LogP contribution >= 0.6 is 11.6 Å². The lowest BCUT2D eigenvalue weighted by Gasteiger charge is -2.30. The van der Waals surface area contributed by atoms with Gasteiger partial charge in [0.05, 0.1) is 21.1 Å². The average Bonchev–Trinajstić information content (AvgIpc) is 3.02. The smallest absolute Gasteiger partial charge is 0.407 e. The SMILES string of the molecule is NS(=O)(=O)c1ccc(CNc2nc(NCC(F)(F)F)c3nc(-c4ccc(Cl)c(S(=O)(=O)NC5CCN(C(=O)O)CC5)c4)ccc3n2)cc1. The second-order valence-corrected chi connectivity index (χ2v) is 14.4. The van der Waals surface area contributed by atoms with Gasteiger partial charge in [0.1, 0.15) is 17.0 Å². The van der Waals surface area contributed by atoms with Crippen LogP contribution in [0.15, 0.2) is 64.4 Å². The lowest BCUT2D eigenvalue weighted by molar-refractivity contribution is -0.115. The zero-order chi connectivity index (χ0) is 34.9. The van der Waals surface area contributed by atoms with Gasteiger partial charge in [0.25, 0.3) is 0 Å². The first kappa shape index (κ1) is 35.0. The summed E-state index contributed by atoms with van der Waals surface area (Å²) >= 11 is 6.27. The van der Waals surface area contributed by atoms with Crippen LogP contribution in [0.2, 0.25) is 5.02 Å². The van der Waals surface area contributed by atoms with Crippen LogP contribution in [0.1, 0.15) is 18.4 Å². The van der Waals surface area contributed by atoms with Crippen LogP contribution in [-0.4, -0.2) is 79.7 Å². The van der Waals surface area contributed by atoms with Gasteiger partial charge in [0.2, 0.25) is 26.0 Å². The highest BCUT2D eigenvalue weighted by Crippen LogP contribution is 2.31. The van der Waals surface area contributed by atoms with E-state index in [1.807, 2.05) is 0 Å². The van der Waals surface area contributed by atoms with Crippen molar-refractivity contribution < 1.29 is 39.9 Å². The molecule has 20 heteroatoms. The van der Waals surface area contributed by atoms with Crippen molar-refractivity contribution in [3.8, 4) is 11.3 Å². The third-order valence-electron chi connectivity index (χ3n) is 7.30. The third-order valence-corrected chi connectivity index (χ3v) is 10.2. The number of alkyl halides is 3. The van der Waals surface area contributed by atoms with E-state index in [9.17, 15) is 34.8 Å². The molecule has 0 saturated carbocycles. The second kappa shape index (κ2) is 13.7. The molecule has 0 aliphatic carbocycles. The number of hydrogen-bond acceptors (Lipinski definition) is 10. The van der Waals surface area contributed by atoms with E-state index in [4.69, 9.17) is 21.8 Å². The van der Waals surface area contributed by atoms with Gasteiger partial charge in [-0.05, 0) is 54.8 Å². The molecule has 256 valence electrons. The Kier molecular flexibility index (Phi) is 9.97. The molecular formula is C28H28ClF3N8O6S2. The molecule has 1 aliphatic rings. The van der Waals surface area contributed by atoms with Crippen LogP contribution in [0.4, 0.5) is 29.7 Å². The second-order valence-electron chi connectivity index (χ2n) is 10.8. The maximum Gasteiger partial charge on any atom is 0.407 e. The molecule has 6 N–H and O–H groups in total. The molecule has 0 spiro atoms. The van der Waals surface area contributed by atoms with E-state index in [1.54, 1.807) is 0 Å². The monoisotopic (exact) mass is 728 g/mol. The predicted octanol–water partition coefficient (Wildman–Crippen LogP) is 4.00. The van der Waals surface area contributed by atoms with Gasteiger partial charge in [-0.1, -0.05) is 29.8 Å². The fraction of sp³-hybridized carbons (Fsp3) is 0.286. The van der Waals surface area contributed by atoms with Gasteiger partial charge in [0, 0.05) is 31.2 Å². The molecular weight excluding hydrogens is 701 g/mol. The minimum Gasteiger partial charge on any atom is -0.465 e. The number of anilines is 2. The van der Waals surface area contributed by atoms with E-state index < -0.39 is 44.9 Å². The van der Waals surface area contributed by atoms with Crippen molar-refractivity contribution in [2.45, 2.75) is 41.4 Å². The number of nitrogens with two attached hydrogens (primary N) is 1. The zero-order valence-corrected chi connectivity index (χ0v) is 27.1. The van der Waals surface area contributed by atoms with Gasteiger partial charge in [-0.15, -0.1) is 0 Å². The lowest BCUT2D eigenvalue weighted by Crippen LogP contribution is -2.46. The third kappa shape index (κ3) is 8.58. The van der Waals surface area contributed by atoms with Crippen LogP contribution in [0.3, 0.4) is 0 Å². The molecule has 1 aliphatic heterocycles. The maximum atomic E-state index is 13.3. The molecule has 5 rings (SSSR count). The van der Waals surface area contributed by atoms with Gasteiger partial charge in [0.15, 0.2) is 5.82 Å². The summed E-state index contributed by atoms with van der Waals surface area (Å²) in [5, 5.41) is 19.3. The number of likely N-dealkylation sites (tertiary alicyclic amines) is 1. The van der Waals surface area contributed by atoms with E-state index in [0.717, 1.165) is 0 Å². The summed E-state index contributed by atoms with van der Waals surface area (Å²) in [6.07, 6.45) is -5.14. The Morgan fingerprint density at radius 1 is 0.979 bits per heavy atom. The number of pyridine rings is 1. The summed E-state index contributed by atoms with van der Waals surface area (Å²) in [5.41, 5.74) is 1.23. The van der Waals surface area contributed by atoms with Gasteiger partial charge in [-0.2, -0.15) is 18.2 Å². The molecule has 4 aromatic rings. The Labute approximate surface area is 277 Å². The van der Waals surface area contributed by atoms with Crippen LogP contribution in [-0.2, 0) is 26.6 Å². The van der Waals surface area contributed by atoms with Crippen LogP contribution < -0.4 is 20.5 Å². The van der Waals surface area contributed by atoms with Gasteiger partial charge in [-0.25, -0.2) is 41.5 Å². The number of aromatic nitrogens is 3. The van der Waals surface area contributed by atoms with Crippen molar-refractivity contribution in [2.75, 3.05) is 30.3 Å². The van der Waals surface area contributed by atoms with E-state index in [-0.39, 0.29) is 81.3 Å². The molecule has 1 fully saturated rings. The minimum atomic E-state index is -4.59. The van der Waals surface area contributed by atoms with Crippen molar-refractivity contribution in [3.05, 3.63) is 65.2 Å². The number of rotatable bonds is 10. The van der Waals surface area contributed by atoms with Crippen molar-refractivity contribution in [1.82, 2.24) is 24.6 Å². The van der Waals surface area contributed by atoms with Crippen LogP contribution in [0.25, 0.3) is 22.3 Å². The highest BCUT2D eigenvalue weighted by molar-refractivity contribution is 7.89. The zero-order valence-electron chi connectivity index (χ0n) is 24.7. The van der Waals surface area contributed by atoms with E-state index in [2.05, 4.69) is 30.3 Å². The molecule has 2 aromatic heterocycles. The highest BCUT2D eigenvalue weighted by atomic mass is 35.5. The van der Waals surface area contributed by atoms with Gasteiger partial charge < -0.3 is 20.6 Å². The molecule has 1 saturated heterocycles. The Balaban J connectivity index is 1.42. The van der Waals surface area contributed by atoms with E-state index >= 15 is 0 Å². The number of sulfonamides is 2. The van der Waals surface area contributed by atoms with E-state index in [1.165, 1.54) is 59.5 Å². The molecule has 14 nitrogen and oxygen atoms in total. The van der Waals surface area contributed by atoms with Crippen LogP contribution in [0, 0.1) is 0 Å². The number of nitrogens with one attached hydrogen (secondary N) is 3. The summed E-state index contributed by atoms with van der Waals surface area (Å²) in [4.78, 5) is 25.0. The van der Waals surface area contributed by atoms with Crippen molar-refractivity contribution >= 4 is 60.5 Å². The fourth-order valence-electron chi connectivity index (χ4n) is 4.88. The molecule has 0 radical (unpaired) electrons. The Hall–Kier alpha value is -4.30. The largest absolute Gasteiger partial charge is 0.465 e. The summed E-state index contributed by atoms with van der Waals surface area (Å²) < 4.78 is 91.8. The number of nitrogens with zero attached hydrogens (tertiary/aromatic N) is 4. The standard InChI is InChI=1S/C28H28ClF3N8O6S2/c29-20-6-3-17(13-23(20)48(45,46)39-18-9-11-40(12-10-18)27(41)42)21-7-8-22-24(36-21)25(35-15-28(30,31)32)38-26(37-22)34-14-16-1-4-19(5-2-16)47(33,43)44/h1-8,13,18,39H,9-12,14-15H2,(H,41,42)(H2,33,43,44)(H2,34,35,37,38). The van der Waals surface area contributed by atoms with Crippen molar-refractivity contribution in [2.24, 2.45) is 5.14 Å². The maximum absolute atomic E-state index is 13.3. The average molecular weight is 729 g/mol. The first-order chi connectivity index (χ1) is 22.5. The number of piperidine rings is 1. The number of carbonyl (C=O) groups is 1. The van der Waals surface area contributed by atoms with Gasteiger partial charge in [-0.3, -0.25) is 0 Å².